The Morgan fingerprint density at radius 1 is 1.06 bits per heavy atom. The molecule has 1 unspecified atom stereocenters. The van der Waals surface area contributed by atoms with Crippen molar-refractivity contribution in [3.63, 3.8) is 0 Å². The average molecular weight is 455 g/mol. The van der Waals surface area contributed by atoms with Crippen molar-refractivity contribution < 1.29 is 14.1 Å². The molecule has 1 saturated heterocycles. The Bertz CT molecular complexity index is 952. The van der Waals surface area contributed by atoms with Crippen molar-refractivity contribution in [2.24, 2.45) is 5.92 Å². The van der Waals surface area contributed by atoms with Crippen molar-refractivity contribution in [1.82, 2.24) is 9.80 Å². The van der Waals surface area contributed by atoms with E-state index in [4.69, 9.17) is 0 Å². The van der Waals surface area contributed by atoms with Crippen LogP contribution in [-0.4, -0.2) is 57.0 Å². The van der Waals surface area contributed by atoms with E-state index in [9.17, 15) is 14.1 Å². The minimum Gasteiger partial charge on any atom is -0.392 e. The molecular formula is C26H34N2O3S. The van der Waals surface area contributed by atoms with Gasteiger partial charge in [-0.25, -0.2) is 0 Å². The molecule has 0 spiro atoms. The van der Waals surface area contributed by atoms with Gasteiger partial charge in [0.25, 0.3) is 0 Å². The Morgan fingerprint density at radius 3 is 2.50 bits per heavy atom. The number of hydrogen-bond donors (Lipinski definition) is 1. The summed E-state index contributed by atoms with van der Waals surface area (Å²) in [5.74, 6) is 1.33. The number of benzene rings is 2. The van der Waals surface area contributed by atoms with E-state index in [0.29, 0.717) is 25.3 Å². The fourth-order valence-electron chi connectivity index (χ4n) is 4.76. The van der Waals surface area contributed by atoms with Crippen LogP contribution in [-0.2, 0) is 35.2 Å². The summed E-state index contributed by atoms with van der Waals surface area (Å²) in [6.45, 7) is 5.97. The first kappa shape index (κ1) is 23.1. The lowest BCUT2D eigenvalue weighted by molar-refractivity contribution is -0.132. The second kappa shape index (κ2) is 10.7. The summed E-state index contributed by atoms with van der Waals surface area (Å²) in [4.78, 5) is 18.0. The highest BCUT2D eigenvalue weighted by molar-refractivity contribution is 7.85. The maximum Gasteiger partial charge on any atom is 0.224 e. The normalized spacial score (nSPS) is 20.1. The van der Waals surface area contributed by atoms with Crippen LogP contribution in [0.4, 0.5) is 0 Å². The van der Waals surface area contributed by atoms with Crippen LogP contribution in [0.1, 0.15) is 41.5 Å². The minimum atomic E-state index is -1.10. The molecule has 32 heavy (non-hydrogen) atoms. The SMILES string of the molecule is Cc1ccc(CC2CCN(CCC(=O)N3CCS(=O)c4ccc(CO)cc4C3)CC2)cc1. The number of aryl methyl sites for hydroxylation is 1. The largest absolute Gasteiger partial charge is 0.392 e. The zero-order valence-corrected chi connectivity index (χ0v) is 19.8. The number of fused-ring (bicyclic) bond motifs is 1. The van der Waals surface area contributed by atoms with Crippen molar-refractivity contribution in [3.05, 3.63) is 64.7 Å². The number of aliphatic hydroxyl groups is 1. The lowest BCUT2D eigenvalue weighted by Crippen LogP contribution is -2.38. The van der Waals surface area contributed by atoms with Gasteiger partial charge < -0.3 is 14.9 Å². The summed E-state index contributed by atoms with van der Waals surface area (Å²) in [6.07, 6.45) is 4.02. The maximum absolute atomic E-state index is 12.9. The number of likely N-dealkylation sites (tertiary alicyclic amines) is 1. The lowest BCUT2D eigenvalue weighted by atomic mass is 9.90. The summed E-state index contributed by atoms with van der Waals surface area (Å²) in [5.41, 5.74) is 4.43. The molecule has 0 aromatic heterocycles. The molecule has 172 valence electrons. The molecule has 2 heterocycles. The smallest absolute Gasteiger partial charge is 0.224 e. The molecule has 1 N–H and O–H groups in total. The van der Waals surface area contributed by atoms with Crippen molar-refractivity contribution in [1.29, 1.82) is 0 Å². The van der Waals surface area contributed by atoms with Crippen LogP contribution in [0.3, 0.4) is 0 Å². The predicted octanol–water partition coefficient (Wildman–Crippen LogP) is 3.28. The van der Waals surface area contributed by atoms with E-state index in [2.05, 4.69) is 36.1 Å². The Morgan fingerprint density at radius 2 is 1.78 bits per heavy atom. The first-order valence-electron chi connectivity index (χ1n) is 11.7. The first-order chi connectivity index (χ1) is 15.5. The summed E-state index contributed by atoms with van der Waals surface area (Å²) in [5, 5.41) is 9.43. The molecule has 0 aliphatic carbocycles. The Hall–Kier alpha value is -2.02. The van der Waals surface area contributed by atoms with Crippen LogP contribution in [0.2, 0.25) is 0 Å². The molecule has 2 aromatic rings. The summed E-state index contributed by atoms with van der Waals surface area (Å²) in [7, 11) is -1.10. The van der Waals surface area contributed by atoms with Gasteiger partial charge in [-0.15, -0.1) is 0 Å². The third kappa shape index (κ3) is 5.85. The van der Waals surface area contributed by atoms with E-state index >= 15 is 0 Å². The number of nitrogens with zero attached hydrogens (tertiary/aromatic N) is 2. The predicted molar refractivity (Wildman–Crippen MR) is 128 cm³/mol. The van der Waals surface area contributed by atoms with E-state index < -0.39 is 10.8 Å². The summed E-state index contributed by atoms with van der Waals surface area (Å²) < 4.78 is 12.6. The molecule has 0 radical (unpaired) electrons. The third-order valence-electron chi connectivity index (χ3n) is 6.81. The van der Waals surface area contributed by atoms with Crippen LogP contribution in [0, 0.1) is 12.8 Å². The maximum atomic E-state index is 12.9. The van der Waals surface area contributed by atoms with Gasteiger partial charge in [-0.1, -0.05) is 42.0 Å². The van der Waals surface area contributed by atoms with Crippen molar-refractivity contribution in [2.75, 3.05) is 31.9 Å². The van der Waals surface area contributed by atoms with Crippen molar-refractivity contribution in [2.45, 2.75) is 50.7 Å². The zero-order valence-electron chi connectivity index (χ0n) is 19.0. The van der Waals surface area contributed by atoms with Gasteiger partial charge in [0.15, 0.2) is 0 Å². The van der Waals surface area contributed by atoms with Gasteiger partial charge in [0.05, 0.1) is 17.4 Å². The van der Waals surface area contributed by atoms with E-state index in [-0.39, 0.29) is 12.5 Å². The Kier molecular flexibility index (Phi) is 7.76. The van der Waals surface area contributed by atoms with E-state index in [0.717, 1.165) is 48.0 Å². The molecule has 4 rings (SSSR count). The molecular weight excluding hydrogens is 420 g/mol. The van der Waals surface area contributed by atoms with Crippen LogP contribution in [0.5, 0.6) is 0 Å². The highest BCUT2D eigenvalue weighted by Crippen LogP contribution is 2.24. The highest BCUT2D eigenvalue weighted by Gasteiger charge is 2.24. The van der Waals surface area contributed by atoms with Crippen molar-refractivity contribution >= 4 is 16.7 Å². The standard InChI is InChI=1S/C26H34N2O3S/c1-20-2-4-21(5-3-20)16-22-8-11-27(12-9-22)13-10-26(30)28-14-15-32(31)25-7-6-23(19-29)17-24(25)18-28/h2-7,17,22,29H,8-16,18-19H2,1H3. The van der Waals surface area contributed by atoms with Gasteiger partial charge in [0.2, 0.25) is 5.91 Å². The zero-order chi connectivity index (χ0) is 22.5. The molecule has 2 aliphatic rings. The van der Waals surface area contributed by atoms with Gasteiger partial charge in [0.1, 0.15) is 0 Å². The van der Waals surface area contributed by atoms with Gasteiger partial charge in [-0.2, -0.15) is 0 Å². The molecule has 2 aromatic carbocycles. The van der Waals surface area contributed by atoms with Crippen molar-refractivity contribution in [3.8, 4) is 0 Å². The molecule has 0 bridgehead atoms. The average Bonchev–Trinajstić information content (AvgIpc) is 2.98. The third-order valence-corrected chi connectivity index (χ3v) is 8.25. The van der Waals surface area contributed by atoms with Crippen LogP contribution in [0.15, 0.2) is 47.4 Å². The fraction of sp³-hybridized carbons (Fsp3) is 0.500. The number of carbonyl (C=O) groups excluding carboxylic acids is 1. The first-order valence-corrected chi connectivity index (χ1v) is 13.0. The van der Waals surface area contributed by atoms with Gasteiger partial charge in [0, 0.05) is 36.7 Å². The lowest BCUT2D eigenvalue weighted by Gasteiger charge is -2.32. The van der Waals surface area contributed by atoms with E-state index in [1.54, 1.807) is 0 Å². The second-order valence-corrected chi connectivity index (χ2v) is 10.7. The minimum absolute atomic E-state index is 0.0479. The van der Waals surface area contributed by atoms with Crippen LogP contribution >= 0.6 is 0 Å². The van der Waals surface area contributed by atoms with E-state index in [1.807, 2.05) is 23.1 Å². The molecule has 6 heteroatoms. The highest BCUT2D eigenvalue weighted by atomic mass is 32.2. The second-order valence-electron chi connectivity index (χ2n) is 9.19. The van der Waals surface area contributed by atoms with Crippen LogP contribution < -0.4 is 0 Å². The molecule has 1 amide bonds. The number of amides is 1. The number of rotatable bonds is 6. The molecule has 1 fully saturated rings. The van der Waals surface area contributed by atoms with Crippen LogP contribution in [0.25, 0.3) is 0 Å². The summed E-state index contributed by atoms with van der Waals surface area (Å²) >= 11 is 0. The van der Waals surface area contributed by atoms with E-state index in [1.165, 1.54) is 24.0 Å². The van der Waals surface area contributed by atoms with Gasteiger partial charge in [-0.3, -0.25) is 9.00 Å². The molecule has 2 aliphatic heterocycles. The Labute approximate surface area is 193 Å². The number of hydrogen-bond acceptors (Lipinski definition) is 4. The summed E-state index contributed by atoms with van der Waals surface area (Å²) in [6, 6.07) is 14.4. The number of carbonyl (C=O) groups is 1. The molecule has 1 atom stereocenters. The fourth-order valence-corrected chi connectivity index (χ4v) is 6.00. The number of aliphatic hydroxyl groups excluding tert-OH is 1. The molecule has 0 saturated carbocycles. The quantitative estimate of drug-likeness (QED) is 0.728. The monoisotopic (exact) mass is 454 g/mol. The van der Waals surface area contributed by atoms with Gasteiger partial charge >= 0.3 is 0 Å². The Balaban J connectivity index is 1.26. The topological polar surface area (TPSA) is 60.9 Å². The number of piperidine rings is 1. The molecule has 5 nitrogen and oxygen atoms in total. The van der Waals surface area contributed by atoms with Gasteiger partial charge in [-0.05, 0) is 68.0 Å².